The van der Waals surface area contributed by atoms with Crippen molar-refractivity contribution < 1.29 is 0 Å². The predicted molar refractivity (Wildman–Crippen MR) is 223 cm³/mol. The van der Waals surface area contributed by atoms with Gasteiger partial charge in [0.2, 0.25) is 0 Å². The molecule has 246 valence electrons. The van der Waals surface area contributed by atoms with E-state index in [4.69, 9.17) is 15.0 Å². The summed E-state index contributed by atoms with van der Waals surface area (Å²) in [5.74, 6) is 0. The van der Waals surface area contributed by atoms with Crippen molar-refractivity contribution in [1.29, 1.82) is 0 Å². The fourth-order valence-corrected chi connectivity index (χ4v) is 17.3. The Labute approximate surface area is 307 Å². The van der Waals surface area contributed by atoms with Crippen molar-refractivity contribution in [3.63, 3.8) is 0 Å². The number of benzene rings is 5. The standard InChI is InChI=1S/C44H35N3S2Si2/c1-44(2)32-21-36-34(46-41(48-36)24-15-16-40-30(17-24)26-11-7-9-13-38(26)50(40,3)4)19-28(32)29-20-35-37(22-33(29)44)49-42(47-35)25-18-31-27-12-8-10-14-39(27)51(5,6)43(31)45-23-25/h7-23H,1-6H3. The molecule has 0 bridgehead atoms. The van der Waals surface area contributed by atoms with Gasteiger partial charge in [-0.2, -0.15) is 0 Å². The van der Waals surface area contributed by atoms with Crippen LogP contribution in [0, 0.1) is 0 Å². The predicted octanol–water partition coefficient (Wildman–Crippen LogP) is 9.55. The number of hydrogen-bond acceptors (Lipinski definition) is 5. The molecule has 0 spiro atoms. The van der Waals surface area contributed by atoms with Crippen molar-refractivity contribution in [3.05, 3.63) is 114 Å². The Bertz CT molecular complexity index is 2670. The second-order valence-corrected chi connectivity index (χ2v) is 26.8. The van der Waals surface area contributed by atoms with Crippen LogP contribution >= 0.6 is 22.7 Å². The minimum absolute atomic E-state index is 0.121. The average molecular weight is 726 g/mol. The summed E-state index contributed by atoms with van der Waals surface area (Å²) in [6.45, 7) is 14.5. The number of nitrogens with zero attached hydrogens (tertiary/aromatic N) is 3. The smallest absolute Gasteiger partial charge is 0.137 e. The van der Waals surface area contributed by atoms with E-state index in [1.807, 2.05) is 11.3 Å². The van der Waals surface area contributed by atoms with E-state index in [1.54, 1.807) is 16.5 Å². The van der Waals surface area contributed by atoms with Gasteiger partial charge in [-0.1, -0.05) is 101 Å². The van der Waals surface area contributed by atoms with E-state index in [1.165, 1.54) is 75.2 Å². The van der Waals surface area contributed by atoms with Crippen LogP contribution in [-0.2, 0) is 5.41 Å². The molecule has 7 heteroatoms. The zero-order valence-corrected chi connectivity index (χ0v) is 33.1. The van der Waals surface area contributed by atoms with E-state index in [0.29, 0.717) is 0 Å². The number of fused-ring (bicyclic) bond motifs is 11. The molecular formula is C44H35N3S2Si2. The molecule has 11 rings (SSSR count). The first-order chi connectivity index (χ1) is 24.5. The molecular weight excluding hydrogens is 691 g/mol. The Morgan fingerprint density at radius 2 is 1.04 bits per heavy atom. The maximum atomic E-state index is 5.27. The van der Waals surface area contributed by atoms with Crippen molar-refractivity contribution in [1.82, 2.24) is 15.0 Å². The molecule has 0 unspecified atom stereocenters. The molecule has 1 aliphatic carbocycles. The molecule has 0 saturated heterocycles. The van der Waals surface area contributed by atoms with Gasteiger partial charge >= 0.3 is 0 Å². The first kappa shape index (κ1) is 30.1. The van der Waals surface area contributed by atoms with Crippen molar-refractivity contribution in [3.8, 4) is 54.5 Å². The molecule has 3 nitrogen and oxygen atoms in total. The maximum Gasteiger partial charge on any atom is 0.137 e. The van der Waals surface area contributed by atoms with Crippen molar-refractivity contribution in [2.75, 3.05) is 0 Å². The molecule has 8 aromatic rings. The highest BCUT2D eigenvalue weighted by molar-refractivity contribution is 7.22. The van der Waals surface area contributed by atoms with E-state index in [9.17, 15) is 0 Å². The van der Waals surface area contributed by atoms with E-state index in [-0.39, 0.29) is 5.41 Å². The van der Waals surface area contributed by atoms with Crippen molar-refractivity contribution in [2.24, 2.45) is 0 Å². The van der Waals surface area contributed by atoms with Gasteiger partial charge in [-0.15, -0.1) is 22.7 Å². The Morgan fingerprint density at radius 1 is 0.510 bits per heavy atom. The first-order valence-electron chi connectivity index (χ1n) is 17.8. The molecule has 0 fully saturated rings. The van der Waals surface area contributed by atoms with Gasteiger partial charge in [0.05, 0.1) is 20.4 Å². The zero-order chi connectivity index (χ0) is 34.6. The zero-order valence-electron chi connectivity index (χ0n) is 29.5. The van der Waals surface area contributed by atoms with Crippen LogP contribution in [0.25, 0.3) is 75.0 Å². The maximum absolute atomic E-state index is 5.27. The number of hydrogen-bond donors (Lipinski definition) is 0. The summed E-state index contributed by atoms with van der Waals surface area (Å²) in [4.78, 5) is 15.6. The Morgan fingerprint density at radius 3 is 1.69 bits per heavy atom. The van der Waals surface area contributed by atoms with Crippen LogP contribution in [0.15, 0.2) is 103 Å². The fourth-order valence-electron chi connectivity index (χ4n) is 9.35. The SMILES string of the molecule is CC1(C)c2cc3sc(-c4ccc5c(c4)-c4ccccc4[Si]5(C)C)nc3cc2-c2cc3nc(-c4cnc5c(c4)-c4ccccc4[Si]5(C)C)sc3cc21. The van der Waals surface area contributed by atoms with Gasteiger partial charge < -0.3 is 0 Å². The molecule has 5 heterocycles. The van der Waals surface area contributed by atoms with E-state index in [0.717, 1.165) is 26.6 Å². The monoisotopic (exact) mass is 725 g/mol. The lowest BCUT2D eigenvalue weighted by molar-refractivity contribution is 0.662. The van der Waals surface area contributed by atoms with Gasteiger partial charge in [-0.25, -0.2) is 9.97 Å². The second kappa shape index (κ2) is 9.86. The van der Waals surface area contributed by atoms with Crippen LogP contribution in [0.5, 0.6) is 0 Å². The summed E-state index contributed by atoms with van der Waals surface area (Å²) in [5.41, 5.74) is 15.1. The lowest BCUT2D eigenvalue weighted by Crippen LogP contribution is -2.50. The van der Waals surface area contributed by atoms with Crippen LogP contribution < -0.4 is 20.9 Å². The largest absolute Gasteiger partial charge is 0.264 e. The summed E-state index contributed by atoms with van der Waals surface area (Å²) in [5, 5.41) is 7.97. The number of thiazole rings is 2. The average Bonchev–Trinajstić information content (AvgIpc) is 3.90. The molecule has 0 N–H and O–H groups in total. The van der Waals surface area contributed by atoms with Gasteiger partial charge in [0.15, 0.2) is 0 Å². The van der Waals surface area contributed by atoms with E-state index < -0.39 is 16.1 Å². The summed E-state index contributed by atoms with van der Waals surface area (Å²) in [7, 11) is -3.47. The van der Waals surface area contributed by atoms with E-state index >= 15 is 0 Å². The van der Waals surface area contributed by atoms with Crippen LogP contribution in [0.2, 0.25) is 26.2 Å². The molecule has 0 radical (unpaired) electrons. The molecule has 0 saturated carbocycles. The third-order valence-corrected chi connectivity index (χ3v) is 21.2. The highest BCUT2D eigenvalue weighted by Crippen LogP contribution is 2.52. The summed E-state index contributed by atoms with van der Waals surface area (Å²) in [6, 6.07) is 36.8. The van der Waals surface area contributed by atoms with Gasteiger partial charge in [-0.05, 0) is 96.5 Å². The Kier molecular flexibility index (Phi) is 5.83. The molecule has 3 aliphatic rings. The van der Waals surface area contributed by atoms with Crippen molar-refractivity contribution in [2.45, 2.75) is 45.5 Å². The third-order valence-electron chi connectivity index (χ3n) is 12.1. The van der Waals surface area contributed by atoms with Gasteiger partial charge in [0, 0.05) is 28.1 Å². The highest BCUT2D eigenvalue weighted by atomic mass is 32.1. The van der Waals surface area contributed by atoms with Gasteiger partial charge in [0.1, 0.15) is 26.2 Å². The Hall–Kier alpha value is -4.54. The third kappa shape index (κ3) is 3.95. The normalized spacial score (nSPS) is 16.5. The van der Waals surface area contributed by atoms with E-state index in [2.05, 4.69) is 143 Å². The molecule has 51 heavy (non-hydrogen) atoms. The first-order valence-corrected chi connectivity index (χ1v) is 25.4. The van der Waals surface area contributed by atoms with Gasteiger partial charge in [-0.3, -0.25) is 4.98 Å². The van der Waals surface area contributed by atoms with Gasteiger partial charge in [0.25, 0.3) is 0 Å². The second-order valence-electron chi connectivity index (χ2n) is 16.1. The topological polar surface area (TPSA) is 38.7 Å². The van der Waals surface area contributed by atoms with Crippen LogP contribution in [0.4, 0.5) is 0 Å². The summed E-state index contributed by atoms with van der Waals surface area (Å²) < 4.78 is 2.48. The lowest BCUT2D eigenvalue weighted by Gasteiger charge is -2.21. The number of pyridine rings is 1. The minimum Gasteiger partial charge on any atom is -0.264 e. The quantitative estimate of drug-likeness (QED) is 0.167. The Balaban J connectivity index is 0.996. The van der Waals surface area contributed by atoms with Crippen LogP contribution in [0.1, 0.15) is 25.0 Å². The number of rotatable bonds is 2. The van der Waals surface area contributed by atoms with Crippen molar-refractivity contribution >= 4 is 80.1 Å². The van der Waals surface area contributed by atoms with Crippen LogP contribution in [0.3, 0.4) is 0 Å². The molecule has 0 atom stereocenters. The summed E-state index contributed by atoms with van der Waals surface area (Å²) in [6.07, 6.45) is 2.06. The number of aromatic nitrogens is 3. The molecule has 2 aliphatic heterocycles. The van der Waals surface area contributed by atoms with Crippen LogP contribution in [-0.4, -0.2) is 31.1 Å². The molecule has 5 aromatic carbocycles. The highest BCUT2D eigenvalue weighted by Gasteiger charge is 2.40. The fraction of sp³-hybridized carbons (Fsp3) is 0.159. The lowest BCUT2D eigenvalue weighted by atomic mass is 9.82. The summed E-state index contributed by atoms with van der Waals surface area (Å²) >= 11 is 3.60. The molecule has 0 amide bonds. The minimum atomic E-state index is -1.79. The molecule has 3 aromatic heterocycles.